The Kier molecular flexibility index (Phi) is 9.31. The van der Waals surface area contributed by atoms with Crippen LogP contribution in [0.15, 0.2) is 42.5 Å². The number of carbonyl (C=O) groups is 2. The number of benzene rings is 2. The van der Waals surface area contributed by atoms with Crippen molar-refractivity contribution in [2.45, 2.75) is 46.2 Å². The Balaban J connectivity index is 2.16. The molecule has 0 fully saturated rings. The van der Waals surface area contributed by atoms with E-state index >= 15 is 0 Å². The molecule has 0 saturated heterocycles. The predicted octanol–water partition coefficient (Wildman–Crippen LogP) is 3.67. The maximum Gasteiger partial charge on any atom is 0.242 e. The lowest BCUT2D eigenvalue weighted by atomic mass is 10.1. The quantitative estimate of drug-likeness (QED) is 0.547. The third-order valence-corrected chi connectivity index (χ3v) is 7.02. The summed E-state index contributed by atoms with van der Waals surface area (Å²) in [6.45, 7) is 5.94. The fourth-order valence-corrected chi connectivity index (χ4v) is 4.68. The SMILES string of the molecule is CNC(=O)[C@@H](C)N(Cc1cccc(Cl)c1)C(=O)CCCN(c1ccc(C)c(C)c1)S(C)(=O)=O. The van der Waals surface area contributed by atoms with Gasteiger partial charge in [-0.1, -0.05) is 29.8 Å². The van der Waals surface area contributed by atoms with Crippen LogP contribution >= 0.6 is 11.6 Å². The average molecular weight is 494 g/mol. The number of hydrogen-bond acceptors (Lipinski definition) is 4. The number of nitrogens with one attached hydrogen (secondary N) is 1. The molecule has 2 rings (SSSR count). The molecule has 7 nitrogen and oxygen atoms in total. The number of sulfonamides is 1. The Labute approximate surface area is 201 Å². The molecule has 0 saturated carbocycles. The molecule has 0 spiro atoms. The number of amides is 2. The normalized spacial score (nSPS) is 12.2. The van der Waals surface area contributed by atoms with Crippen molar-refractivity contribution >= 4 is 39.1 Å². The number of rotatable bonds is 10. The van der Waals surface area contributed by atoms with E-state index in [-0.39, 0.29) is 31.3 Å². The minimum atomic E-state index is -3.52. The van der Waals surface area contributed by atoms with Crippen LogP contribution in [0.2, 0.25) is 5.02 Å². The first-order valence-electron chi connectivity index (χ1n) is 10.7. The van der Waals surface area contributed by atoms with E-state index in [1.165, 1.54) is 16.3 Å². The highest BCUT2D eigenvalue weighted by Crippen LogP contribution is 2.22. The summed E-state index contributed by atoms with van der Waals surface area (Å²) in [4.78, 5) is 26.9. The van der Waals surface area contributed by atoms with E-state index in [9.17, 15) is 18.0 Å². The fraction of sp³-hybridized carbons (Fsp3) is 0.417. The van der Waals surface area contributed by atoms with Gasteiger partial charge in [0.2, 0.25) is 21.8 Å². The molecule has 0 radical (unpaired) electrons. The zero-order valence-corrected chi connectivity index (χ0v) is 21.3. The van der Waals surface area contributed by atoms with Crippen LogP contribution in [0.5, 0.6) is 0 Å². The molecule has 9 heteroatoms. The average Bonchev–Trinajstić information content (AvgIpc) is 2.75. The second-order valence-corrected chi connectivity index (χ2v) is 10.5. The Morgan fingerprint density at radius 3 is 2.36 bits per heavy atom. The van der Waals surface area contributed by atoms with Gasteiger partial charge in [-0.25, -0.2) is 8.42 Å². The van der Waals surface area contributed by atoms with Gasteiger partial charge in [0.1, 0.15) is 6.04 Å². The van der Waals surface area contributed by atoms with Crippen LogP contribution < -0.4 is 9.62 Å². The number of aryl methyl sites for hydroxylation is 2. The molecule has 0 bridgehead atoms. The topological polar surface area (TPSA) is 86.8 Å². The highest BCUT2D eigenvalue weighted by atomic mass is 35.5. The molecule has 0 aliphatic carbocycles. The monoisotopic (exact) mass is 493 g/mol. The molecule has 180 valence electrons. The number of likely N-dealkylation sites (N-methyl/N-ethyl adjacent to an activating group) is 1. The van der Waals surface area contributed by atoms with Crippen molar-refractivity contribution in [2.24, 2.45) is 0 Å². The predicted molar refractivity (Wildman–Crippen MR) is 133 cm³/mol. The van der Waals surface area contributed by atoms with Gasteiger partial charge in [0.15, 0.2) is 0 Å². The summed E-state index contributed by atoms with van der Waals surface area (Å²) in [6.07, 6.45) is 1.56. The van der Waals surface area contributed by atoms with E-state index < -0.39 is 16.1 Å². The van der Waals surface area contributed by atoms with E-state index in [0.29, 0.717) is 17.1 Å². The van der Waals surface area contributed by atoms with Gasteiger partial charge in [-0.2, -0.15) is 0 Å². The first-order valence-corrected chi connectivity index (χ1v) is 13.0. The van der Waals surface area contributed by atoms with Gasteiger partial charge in [-0.15, -0.1) is 0 Å². The maximum absolute atomic E-state index is 13.1. The van der Waals surface area contributed by atoms with E-state index in [4.69, 9.17) is 11.6 Å². The number of carbonyl (C=O) groups excluding carboxylic acids is 2. The lowest BCUT2D eigenvalue weighted by molar-refractivity contribution is -0.140. The van der Waals surface area contributed by atoms with Crippen molar-refractivity contribution in [3.05, 3.63) is 64.2 Å². The molecule has 0 aromatic heterocycles. The van der Waals surface area contributed by atoms with Crippen molar-refractivity contribution in [3.63, 3.8) is 0 Å². The molecule has 2 aromatic carbocycles. The lowest BCUT2D eigenvalue weighted by Crippen LogP contribution is -2.46. The highest BCUT2D eigenvalue weighted by molar-refractivity contribution is 7.92. The number of anilines is 1. The van der Waals surface area contributed by atoms with Crippen LogP contribution in [-0.4, -0.2) is 51.0 Å². The first kappa shape index (κ1) is 26.7. The fourth-order valence-electron chi connectivity index (χ4n) is 3.51. The smallest absolute Gasteiger partial charge is 0.242 e. The highest BCUT2D eigenvalue weighted by Gasteiger charge is 2.26. The maximum atomic E-state index is 13.1. The minimum Gasteiger partial charge on any atom is -0.357 e. The van der Waals surface area contributed by atoms with Crippen molar-refractivity contribution < 1.29 is 18.0 Å². The minimum absolute atomic E-state index is 0.0960. The van der Waals surface area contributed by atoms with Crippen LogP contribution in [0.3, 0.4) is 0 Å². The molecular weight excluding hydrogens is 462 g/mol. The van der Waals surface area contributed by atoms with Crippen molar-refractivity contribution in [2.75, 3.05) is 24.2 Å². The van der Waals surface area contributed by atoms with Gasteiger partial charge in [0.05, 0.1) is 11.9 Å². The van der Waals surface area contributed by atoms with Crippen LogP contribution in [0.4, 0.5) is 5.69 Å². The van der Waals surface area contributed by atoms with Gasteiger partial charge >= 0.3 is 0 Å². The second kappa shape index (κ2) is 11.5. The molecule has 2 amide bonds. The zero-order chi connectivity index (χ0) is 24.8. The third kappa shape index (κ3) is 7.47. The van der Waals surface area contributed by atoms with Gasteiger partial charge in [0.25, 0.3) is 0 Å². The molecule has 2 aromatic rings. The molecule has 1 N–H and O–H groups in total. The Bertz CT molecular complexity index is 1100. The van der Waals surface area contributed by atoms with Gasteiger partial charge in [-0.05, 0) is 68.1 Å². The molecule has 0 aliphatic rings. The summed E-state index contributed by atoms with van der Waals surface area (Å²) >= 11 is 6.07. The van der Waals surface area contributed by atoms with E-state index in [0.717, 1.165) is 22.9 Å². The van der Waals surface area contributed by atoms with E-state index in [1.54, 1.807) is 31.2 Å². The van der Waals surface area contributed by atoms with Crippen LogP contribution in [-0.2, 0) is 26.2 Å². The number of nitrogens with zero attached hydrogens (tertiary/aromatic N) is 2. The molecule has 1 atom stereocenters. The van der Waals surface area contributed by atoms with Crippen molar-refractivity contribution in [1.29, 1.82) is 0 Å². The number of hydrogen-bond donors (Lipinski definition) is 1. The summed E-state index contributed by atoms with van der Waals surface area (Å²) < 4.78 is 26.1. The van der Waals surface area contributed by atoms with Crippen molar-refractivity contribution in [3.8, 4) is 0 Å². The lowest BCUT2D eigenvalue weighted by Gasteiger charge is -2.29. The summed E-state index contributed by atoms with van der Waals surface area (Å²) in [5.74, 6) is -0.516. The van der Waals surface area contributed by atoms with E-state index in [1.807, 2.05) is 32.0 Å². The van der Waals surface area contributed by atoms with Gasteiger partial charge in [-0.3, -0.25) is 13.9 Å². The van der Waals surface area contributed by atoms with Gasteiger partial charge < -0.3 is 10.2 Å². The third-order valence-electron chi connectivity index (χ3n) is 5.59. The number of halogens is 1. The largest absolute Gasteiger partial charge is 0.357 e. The van der Waals surface area contributed by atoms with Gasteiger partial charge in [0, 0.05) is 31.6 Å². The molecule has 0 heterocycles. The van der Waals surface area contributed by atoms with Crippen LogP contribution in [0.1, 0.15) is 36.5 Å². The molecular formula is C24H32ClN3O4S. The van der Waals surface area contributed by atoms with E-state index in [2.05, 4.69) is 5.32 Å². The van der Waals surface area contributed by atoms with Crippen LogP contribution in [0, 0.1) is 13.8 Å². The Morgan fingerprint density at radius 1 is 1.09 bits per heavy atom. The molecule has 0 unspecified atom stereocenters. The summed E-state index contributed by atoms with van der Waals surface area (Å²) in [6, 6.07) is 11.9. The molecule has 33 heavy (non-hydrogen) atoms. The summed E-state index contributed by atoms with van der Waals surface area (Å²) in [5.41, 5.74) is 3.44. The van der Waals surface area contributed by atoms with Crippen molar-refractivity contribution in [1.82, 2.24) is 10.2 Å². The summed E-state index contributed by atoms with van der Waals surface area (Å²) in [7, 11) is -2.00. The zero-order valence-electron chi connectivity index (χ0n) is 19.8. The second-order valence-electron chi connectivity index (χ2n) is 8.15. The Morgan fingerprint density at radius 2 is 1.79 bits per heavy atom. The molecule has 0 aliphatic heterocycles. The first-order chi connectivity index (χ1) is 15.4. The summed E-state index contributed by atoms with van der Waals surface area (Å²) in [5, 5.41) is 3.12. The standard InChI is InChI=1S/C24H32ClN3O4S/c1-17-11-12-22(14-18(17)2)28(33(5,31)32)13-7-10-23(29)27(19(3)24(30)26-4)16-20-8-6-9-21(25)15-20/h6,8-9,11-12,14-15,19H,7,10,13,16H2,1-5H3,(H,26,30)/t19-/m1/s1. The Hall–Kier alpha value is -2.58. The van der Waals surface area contributed by atoms with Crippen LogP contribution in [0.25, 0.3) is 0 Å².